The van der Waals surface area contributed by atoms with Gasteiger partial charge in [-0.05, 0) is 60.6 Å². The van der Waals surface area contributed by atoms with E-state index in [0.717, 1.165) is 65.4 Å². The number of fused-ring (bicyclic) bond motifs is 1. The second-order valence-electron chi connectivity index (χ2n) is 8.12. The molecule has 2 aromatic heterocycles. The van der Waals surface area contributed by atoms with E-state index in [1.54, 1.807) is 6.20 Å². The number of likely N-dealkylation sites (N-methyl/N-ethyl adjacent to an activating group) is 1. The molecule has 1 N–H and O–H groups in total. The number of pyridine rings is 2. The first-order valence-electron chi connectivity index (χ1n) is 10.8. The topological polar surface area (TPSA) is 61.4 Å². The maximum atomic E-state index is 12.8. The van der Waals surface area contributed by atoms with Crippen LogP contribution in [-0.2, 0) is 0 Å². The zero-order chi connectivity index (χ0) is 21.9. The highest BCUT2D eigenvalue weighted by molar-refractivity contribution is 5.95. The fourth-order valence-electron chi connectivity index (χ4n) is 3.93. The van der Waals surface area contributed by atoms with Gasteiger partial charge in [0.05, 0.1) is 5.52 Å². The monoisotopic (exact) mass is 423 g/mol. The molecule has 0 saturated carbocycles. The number of hydrogen-bond acceptors (Lipinski definition) is 5. The SMILES string of the molecule is CN1CCN(C(=O)c2ccc(-c3ccc4ccc(Nc5ccccn5)nc4c3)cc2)CC1. The molecule has 0 spiro atoms. The van der Waals surface area contributed by atoms with E-state index in [1.807, 2.05) is 53.4 Å². The summed E-state index contributed by atoms with van der Waals surface area (Å²) in [6.45, 7) is 3.40. The molecule has 0 atom stereocenters. The van der Waals surface area contributed by atoms with Crippen molar-refractivity contribution in [2.45, 2.75) is 0 Å². The summed E-state index contributed by atoms with van der Waals surface area (Å²) in [6, 6.07) is 23.9. The molecule has 0 unspecified atom stereocenters. The minimum Gasteiger partial charge on any atom is -0.336 e. The molecule has 6 heteroatoms. The van der Waals surface area contributed by atoms with E-state index in [1.165, 1.54) is 0 Å². The van der Waals surface area contributed by atoms with Gasteiger partial charge in [-0.1, -0.05) is 30.3 Å². The third-order valence-corrected chi connectivity index (χ3v) is 5.87. The lowest BCUT2D eigenvalue weighted by Crippen LogP contribution is -2.47. The van der Waals surface area contributed by atoms with Crippen LogP contribution in [-0.4, -0.2) is 58.9 Å². The minimum absolute atomic E-state index is 0.107. The number of piperazine rings is 1. The van der Waals surface area contributed by atoms with Gasteiger partial charge in [-0.15, -0.1) is 0 Å². The summed E-state index contributed by atoms with van der Waals surface area (Å²) in [5.74, 6) is 1.62. The molecule has 1 aliphatic rings. The number of nitrogens with one attached hydrogen (secondary N) is 1. The molecule has 6 nitrogen and oxygen atoms in total. The van der Waals surface area contributed by atoms with E-state index in [4.69, 9.17) is 4.98 Å². The lowest BCUT2D eigenvalue weighted by atomic mass is 10.0. The van der Waals surface area contributed by atoms with E-state index >= 15 is 0 Å². The molecule has 1 fully saturated rings. The van der Waals surface area contributed by atoms with Gasteiger partial charge in [-0.25, -0.2) is 9.97 Å². The number of aromatic nitrogens is 2. The van der Waals surface area contributed by atoms with Crippen LogP contribution in [0.3, 0.4) is 0 Å². The van der Waals surface area contributed by atoms with Crippen LogP contribution in [0.15, 0.2) is 79.0 Å². The highest BCUT2D eigenvalue weighted by Gasteiger charge is 2.20. The molecular formula is C26H25N5O. The third-order valence-electron chi connectivity index (χ3n) is 5.87. The Morgan fingerprint density at radius 1 is 0.844 bits per heavy atom. The Hall–Kier alpha value is -3.77. The summed E-state index contributed by atoms with van der Waals surface area (Å²) in [5, 5.41) is 4.31. The molecular weight excluding hydrogens is 398 g/mol. The van der Waals surface area contributed by atoms with Crippen molar-refractivity contribution in [3.8, 4) is 11.1 Å². The zero-order valence-corrected chi connectivity index (χ0v) is 18.0. The van der Waals surface area contributed by atoms with Crippen molar-refractivity contribution in [3.63, 3.8) is 0 Å². The minimum atomic E-state index is 0.107. The molecule has 0 radical (unpaired) electrons. The fourth-order valence-corrected chi connectivity index (χ4v) is 3.93. The molecule has 5 rings (SSSR count). The summed E-state index contributed by atoms with van der Waals surface area (Å²) in [7, 11) is 2.09. The first kappa shape index (κ1) is 20.2. The van der Waals surface area contributed by atoms with Crippen molar-refractivity contribution in [3.05, 3.63) is 84.6 Å². The maximum absolute atomic E-state index is 12.8. The number of nitrogens with zero attached hydrogens (tertiary/aromatic N) is 4. The highest BCUT2D eigenvalue weighted by Crippen LogP contribution is 2.26. The van der Waals surface area contributed by atoms with E-state index in [2.05, 4.69) is 46.5 Å². The van der Waals surface area contributed by atoms with Crippen LogP contribution in [0.4, 0.5) is 11.6 Å². The van der Waals surface area contributed by atoms with Gasteiger partial charge in [0.25, 0.3) is 5.91 Å². The molecule has 3 heterocycles. The number of benzene rings is 2. The van der Waals surface area contributed by atoms with Crippen LogP contribution >= 0.6 is 0 Å². The first-order valence-corrected chi connectivity index (χ1v) is 10.8. The van der Waals surface area contributed by atoms with Crippen LogP contribution in [0, 0.1) is 0 Å². The van der Waals surface area contributed by atoms with Crippen molar-refractivity contribution >= 4 is 28.4 Å². The fraction of sp³-hybridized carbons (Fsp3) is 0.192. The summed E-state index contributed by atoms with van der Waals surface area (Å²) in [5.41, 5.74) is 3.77. The van der Waals surface area contributed by atoms with E-state index < -0.39 is 0 Å². The highest BCUT2D eigenvalue weighted by atomic mass is 16.2. The Balaban J connectivity index is 1.36. The third kappa shape index (κ3) is 4.31. The lowest BCUT2D eigenvalue weighted by molar-refractivity contribution is 0.0664. The summed E-state index contributed by atoms with van der Waals surface area (Å²) in [4.78, 5) is 26.0. The van der Waals surface area contributed by atoms with E-state index in [9.17, 15) is 4.79 Å². The Morgan fingerprint density at radius 2 is 1.59 bits per heavy atom. The number of hydrogen-bond donors (Lipinski definition) is 1. The Morgan fingerprint density at radius 3 is 2.34 bits per heavy atom. The van der Waals surface area contributed by atoms with Gasteiger partial charge in [-0.3, -0.25) is 4.79 Å². The molecule has 0 bridgehead atoms. The molecule has 32 heavy (non-hydrogen) atoms. The summed E-state index contributed by atoms with van der Waals surface area (Å²) in [6.07, 6.45) is 1.75. The van der Waals surface area contributed by atoms with Crippen LogP contribution in [0.25, 0.3) is 22.0 Å². The summed E-state index contributed by atoms with van der Waals surface area (Å²) >= 11 is 0. The quantitative estimate of drug-likeness (QED) is 0.526. The van der Waals surface area contributed by atoms with Crippen molar-refractivity contribution in [2.24, 2.45) is 0 Å². The van der Waals surface area contributed by atoms with Crippen molar-refractivity contribution in [2.75, 3.05) is 38.5 Å². The normalized spacial score (nSPS) is 14.5. The molecule has 4 aromatic rings. The summed E-state index contributed by atoms with van der Waals surface area (Å²) < 4.78 is 0. The first-order chi connectivity index (χ1) is 15.7. The Bertz CT molecular complexity index is 1230. The van der Waals surface area contributed by atoms with Gasteiger partial charge in [0.2, 0.25) is 0 Å². The number of carbonyl (C=O) groups is 1. The van der Waals surface area contributed by atoms with Crippen LogP contribution in [0.2, 0.25) is 0 Å². The molecule has 2 aromatic carbocycles. The predicted molar refractivity (Wildman–Crippen MR) is 128 cm³/mol. The van der Waals surface area contributed by atoms with Crippen molar-refractivity contribution in [1.29, 1.82) is 0 Å². The average molecular weight is 424 g/mol. The van der Waals surface area contributed by atoms with E-state index in [0.29, 0.717) is 0 Å². The van der Waals surface area contributed by atoms with Crippen LogP contribution in [0.5, 0.6) is 0 Å². The number of amides is 1. The van der Waals surface area contributed by atoms with Gasteiger partial charge in [-0.2, -0.15) is 0 Å². The molecule has 0 aliphatic carbocycles. The second-order valence-corrected chi connectivity index (χ2v) is 8.12. The Kier molecular flexibility index (Phi) is 5.52. The molecule has 1 saturated heterocycles. The van der Waals surface area contributed by atoms with Gasteiger partial charge < -0.3 is 15.1 Å². The standard InChI is InChI=1S/C26H25N5O/c1-30-14-16-31(17-15-30)26(32)21-8-5-19(6-9-21)22-10-7-20-11-12-25(28-23(20)18-22)29-24-4-2-3-13-27-24/h2-13,18H,14-17H2,1H3,(H,27,28,29). The number of rotatable bonds is 4. The second kappa shape index (κ2) is 8.77. The smallest absolute Gasteiger partial charge is 0.253 e. The molecule has 1 aliphatic heterocycles. The Labute approximate surface area is 187 Å². The van der Waals surface area contributed by atoms with Gasteiger partial charge in [0.1, 0.15) is 11.6 Å². The van der Waals surface area contributed by atoms with Crippen molar-refractivity contribution in [1.82, 2.24) is 19.8 Å². The molecule has 1 amide bonds. The van der Waals surface area contributed by atoms with E-state index in [-0.39, 0.29) is 5.91 Å². The number of anilines is 2. The predicted octanol–water partition coefficient (Wildman–Crippen LogP) is 4.43. The number of carbonyl (C=O) groups excluding carboxylic acids is 1. The van der Waals surface area contributed by atoms with Gasteiger partial charge >= 0.3 is 0 Å². The average Bonchev–Trinajstić information content (AvgIpc) is 2.84. The lowest BCUT2D eigenvalue weighted by Gasteiger charge is -2.32. The van der Waals surface area contributed by atoms with Crippen LogP contribution < -0.4 is 5.32 Å². The zero-order valence-electron chi connectivity index (χ0n) is 18.0. The van der Waals surface area contributed by atoms with Crippen molar-refractivity contribution < 1.29 is 4.79 Å². The maximum Gasteiger partial charge on any atom is 0.253 e. The molecule has 160 valence electrons. The largest absolute Gasteiger partial charge is 0.336 e. The van der Waals surface area contributed by atoms with Gasteiger partial charge in [0, 0.05) is 43.3 Å². The van der Waals surface area contributed by atoms with Gasteiger partial charge in [0.15, 0.2) is 0 Å². The van der Waals surface area contributed by atoms with Crippen LogP contribution in [0.1, 0.15) is 10.4 Å².